The number of aliphatic hydroxyl groups excluding tert-OH is 1. The zero-order chi connectivity index (χ0) is 14.8. The van der Waals surface area contributed by atoms with Crippen LogP contribution < -0.4 is 4.74 Å². The molecule has 0 aliphatic heterocycles. The lowest BCUT2D eigenvalue weighted by Crippen LogP contribution is -2.48. The van der Waals surface area contributed by atoms with E-state index >= 15 is 0 Å². The largest absolute Gasteiger partial charge is 0.497 e. The van der Waals surface area contributed by atoms with Crippen molar-refractivity contribution in [3.8, 4) is 5.75 Å². The number of carbonyl (C=O) groups excluding carboxylic acids is 1. The number of methoxy groups -OCH3 is 2. The highest BCUT2D eigenvalue weighted by Crippen LogP contribution is 2.26. The van der Waals surface area contributed by atoms with Crippen molar-refractivity contribution in [2.24, 2.45) is 0 Å². The molecular weight excluding hydrogens is 260 g/mol. The van der Waals surface area contributed by atoms with Crippen LogP contribution in [0.2, 0.25) is 0 Å². The minimum Gasteiger partial charge on any atom is -0.497 e. The van der Waals surface area contributed by atoms with E-state index < -0.39 is 17.5 Å². The number of allylic oxidation sites excluding steroid dienone is 1. The van der Waals surface area contributed by atoms with Crippen LogP contribution in [-0.4, -0.2) is 41.9 Å². The van der Waals surface area contributed by atoms with Crippen LogP contribution in [0.1, 0.15) is 10.4 Å². The SMILES string of the molecule is COC1=CC(O)C(O)(C(=O)c2ccc(OC)cc2)C=C1. The van der Waals surface area contributed by atoms with Crippen molar-refractivity contribution in [2.75, 3.05) is 14.2 Å². The molecule has 5 nitrogen and oxygen atoms in total. The summed E-state index contributed by atoms with van der Waals surface area (Å²) in [5.74, 6) is 0.412. The van der Waals surface area contributed by atoms with E-state index in [1.807, 2.05) is 0 Å². The van der Waals surface area contributed by atoms with Gasteiger partial charge in [0.05, 0.1) is 14.2 Å². The third kappa shape index (κ3) is 2.45. The van der Waals surface area contributed by atoms with E-state index in [0.717, 1.165) is 0 Å². The first kappa shape index (κ1) is 14.3. The van der Waals surface area contributed by atoms with Gasteiger partial charge < -0.3 is 19.7 Å². The van der Waals surface area contributed by atoms with Crippen molar-refractivity contribution in [2.45, 2.75) is 11.7 Å². The van der Waals surface area contributed by atoms with Crippen LogP contribution in [0.4, 0.5) is 0 Å². The Hall–Kier alpha value is -2.11. The second-order valence-corrected chi connectivity index (χ2v) is 4.43. The summed E-state index contributed by atoms with van der Waals surface area (Å²) in [6.07, 6.45) is 2.62. The van der Waals surface area contributed by atoms with Crippen LogP contribution in [0.25, 0.3) is 0 Å². The summed E-state index contributed by atoms with van der Waals surface area (Å²) >= 11 is 0. The first-order valence-electron chi connectivity index (χ1n) is 6.05. The van der Waals surface area contributed by atoms with Gasteiger partial charge in [-0.1, -0.05) is 0 Å². The lowest BCUT2D eigenvalue weighted by Gasteiger charge is -2.29. The van der Waals surface area contributed by atoms with Crippen molar-refractivity contribution in [1.82, 2.24) is 0 Å². The molecule has 20 heavy (non-hydrogen) atoms. The Morgan fingerprint density at radius 2 is 1.85 bits per heavy atom. The van der Waals surface area contributed by atoms with Crippen molar-refractivity contribution >= 4 is 5.78 Å². The third-order valence-electron chi connectivity index (χ3n) is 3.23. The summed E-state index contributed by atoms with van der Waals surface area (Å²) in [5, 5.41) is 20.3. The normalized spacial score (nSPS) is 25.0. The molecule has 2 rings (SSSR count). The number of ether oxygens (including phenoxy) is 2. The molecule has 0 heterocycles. The molecule has 2 unspecified atom stereocenters. The molecule has 1 aromatic rings. The van der Waals surface area contributed by atoms with Gasteiger partial charge in [0, 0.05) is 5.56 Å². The molecule has 0 aromatic heterocycles. The molecular formula is C15H16O5. The van der Waals surface area contributed by atoms with Crippen molar-refractivity contribution < 1.29 is 24.5 Å². The number of benzene rings is 1. The second-order valence-electron chi connectivity index (χ2n) is 4.43. The molecule has 0 bridgehead atoms. The van der Waals surface area contributed by atoms with Gasteiger partial charge in [0.2, 0.25) is 5.78 Å². The molecule has 2 atom stereocenters. The highest BCUT2D eigenvalue weighted by atomic mass is 16.5. The van der Waals surface area contributed by atoms with Crippen LogP contribution in [0, 0.1) is 0 Å². The first-order chi connectivity index (χ1) is 9.51. The maximum atomic E-state index is 12.4. The number of rotatable bonds is 4. The van der Waals surface area contributed by atoms with Gasteiger partial charge >= 0.3 is 0 Å². The molecule has 0 amide bonds. The topological polar surface area (TPSA) is 76.0 Å². The summed E-state index contributed by atoms with van der Waals surface area (Å²) < 4.78 is 9.95. The molecule has 0 fully saturated rings. The Kier molecular flexibility index (Phi) is 3.92. The van der Waals surface area contributed by atoms with Gasteiger partial charge in [-0.05, 0) is 42.5 Å². The number of ketones is 1. The lowest BCUT2D eigenvalue weighted by molar-refractivity contribution is -0.00476. The summed E-state index contributed by atoms with van der Waals surface area (Å²) in [6.45, 7) is 0. The van der Waals surface area contributed by atoms with E-state index in [9.17, 15) is 15.0 Å². The van der Waals surface area contributed by atoms with Crippen LogP contribution >= 0.6 is 0 Å². The fourth-order valence-corrected chi connectivity index (χ4v) is 1.97. The monoisotopic (exact) mass is 276 g/mol. The molecule has 0 radical (unpaired) electrons. The predicted molar refractivity (Wildman–Crippen MR) is 72.5 cm³/mol. The molecule has 1 aliphatic carbocycles. The number of Topliss-reactive ketones (excluding diaryl/α,β-unsaturated/α-hetero) is 1. The summed E-state index contributed by atoms with van der Waals surface area (Å²) in [4.78, 5) is 12.4. The second kappa shape index (κ2) is 5.48. The Balaban J connectivity index is 2.28. The van der Waals surface area contributed by atoms with E-state index in [-0.39, 0.29) is 5.56 Å². The number of aliphatic hydroxyl groups is 2. The Morgan fingerprint density at radius 3 is 2.35 bits per heavy atom. The summed E-state index contributed by atoms with van der Waals surface area (Å²) in [5.41, 5.74) is -1.71. The van der Waals surface area contributed by atoms with Gasteiger partial charge in [-0.15, -0.1) is 0 Å². The van der Waals surface area contributed by atoms with E-state index in [0.29, 0.717) is 11.5 Å². The van der Waals surface area contributed by atoms with E-state index in [2.05, 4.69) is 0 Å². The van der Waals surface area contributed by atoms with E-state index in [4.69, 9.17) is 9.47 Å². The highest BCUT2D eigenvalue weighted by Gasteiger charge is 2.42. The van der Waals surface area contributed by atoms with E-state index in [1.165, 1.54) is 44.6 Å². The molecule has 5 heteroatoms. The maximum Gasteiger partial charge on any atom is 0.201 e. The minimum absolute atomic E-state index is 0.284. The van der Waals surface area contributed by atoms with Crippen LogP contribution in [0.15, 0.2) is 48.3 Å². The highest BCUT2D eigenvalue weighted by molar-refractivity contribution is 6.04. The third-order valence-corrected chi connectivity index (χ3v) is 3.23. The predicted octanol–water partition coefficient (Wildman–Crippen LogP) is 1.07. The molecule has 1 aromatic carbocycles. The molecule has 0 saturated heterocycles. The number of hydrogen-bond donors (Lipinski definition) is 2. The average Bonchev–Trinajstić information content (AvgIpc) is 2.49. The van der Waals surface area contributed by atoms with Crippen LogP contribution in [0.5, 0.6) is 5.75 Å². The minimum atomic E-state index is -1.99. The molecule has 0 saturated carbocycles. The number of hydrogen-bond acceptors (Lipinski definition) is 5. The quantitative estimate of drug-likeness (QED) is 0.804. The van der Waals surface area contributed by atoms with Crippen LogP contribution in [-0.2, 0) is 4.74 Å². The lowest BCUT2D eigenvalue weighted by atomic mass is 9.84. The molecule has 1 aliphatic rings. The number of carbonyl (C=O) groups is 1. The van der Waals surface area contributed by atoms with E-state index in [1.54, 1.807) is 12.1 Å². The Bertz CT molecular complexity index is 558. The molecule has 2 N–H and O–H groups in total. The van der Waals surface area contributed by atoms with Gasteiger partial charge in [-0.2, -0.15) is 0 Å². The maximum absolute atomic E-state index is 12.4. The fourth-order valence-electron chi connectivity index (χ4n) is 1.97. The van der Waals surface area contributed by atoms with Gasteiger partial charge in [0.25, 0.3) is 0 Å². The molecule has 0 spiro atoms. The Morgan fingerprint density at radius 1 is 1.20 bits per heavy atom. The van der Waals surface area contributed by atoms with Crippen LogP contribution in [0.3, 0.4) is 0 Å². The first-order valence-corrected chi connectivity index (χ1v) is 6.05. The van der Waals surface area contributed by atoms with Gasteiger partial charge in [0.15, 0.2) is 5.60 Å². The Labute approximate surface area is 116 Å². The van der Waals surface area contributed by atoms with Gasteiger partial charge in [-0.25, -0.2) is 0 Å². The molecule has 106 valence electrons. The smallest absolute Gasteiger partial charge is 0.201 e. The summed E-state index contributed by atoms with van der Waals surface area (Å²) in [7, 11) is 2.97. The van der Waals surface area contributed by atoms with Crippen molar-refractivity contribution in [3.05, 3.63) is 53.8 Å². The fraction of sp³-hybridized carbons (Fsp3) is 0.267. The van der Waals surface area contributed by atoms with Gasteiger partial charge in [0.1, 0.15) is 17.6 Å². The van der Waals surface area contributed by atoms with Gasteiger partial charge in [-0.3, -0.25) is 4.79 Å². The zero-order valence-electron chi connectivity index (χ0n) is 11.2. The summed E-state index contributed by atoms with van der Waals surface area (Å²) in [6, 6.07) is 6.31. The average molecular weight is 276 g/mol. The van der Waals surface area contributed by atoms with Crippen molar-refractivity contribution in [1.29, 1.82) is 0 Å². The zero-order valence-corrected chi connectivity index (χ0v) is 11.2. The van der Waals surface area contributed by atoms with Crippen molar-refractivity contribution in [3.63, 3.8) is 0 Å². The standard InChI is InChI=1S/C15H16O5/c1-19-11-5-3-10(4-6-11)14(17)15(18)8-7-12(20-2)9-13(15)16/h3-9,13,16,18H,1-2H3.